The Kier molecular flexibility index (Phi) is 5.19. The molecule has 3 aromatic heterocycles. The van der Waals surface area contributed by atoms with Crippen molar-refractivity contribution in [3.8, 4) is 11.6 Å². The molecule has 5 rings (SSSR count). The minimum Gasteiger partial charge on any atom is -0.423 e. The van der Waals surface area contributed by atoms with Gasteiger partial charge in [0.2, 0.25) is 0 Å². The van der Waals surface area contributed by atoms with Crippen molar-refractivity contribution < 1.29 is 14.8 Å². The molecule has 0 saturated heterocycles. The molecule has 0 radical (unpaired) electrons. The Morgan fingerprint density at radius 3 is 2.88 bits per heavy atom. The number of nitrogens with zero attached hydrogens (tertiary/aromatic N) is 5. The van der Waals surface area contributed by atoms with E-state index in [9.17, 15) is 14.8 Å². The summed E-state index contributed by atoms with van der Waals surface area (Å²) in [6.45, 7) is 1.27. The minimum atomic E-state index is -1.52. The average molecular weight is 443 g/mol. The van der Waals surface area contributed by atoms with Crippen LogP contribution in [-0.2, 0) is 13.0 Å². The van der Waals surface area contributed by atoms with Crippen molar-refractivity contribution in [3.63, 3.8) is 0 Å². The van der Waals surface area contributed by atoms with Crippen molar-refractivity contribution in [2.24, 2.45) is 5.73 Å². The number of anilines is 2. The SMILES string of the molecule is CN1CCc2c(NCc3cccc(B(O)O)c3)nc(-c3ncc4c(C(N)=O)cccn34)nc21. The largest absolute Gasteiger partial charge is 0.488 e. The second kappa shape index (κ2) is 8.19. The summed E-state index contributed by atoms with van der Waals surface area (Å²) in [5.74, 6) is 1.91. The van der Waals surface area contributed by atoms with E-state index in [0.717, 1.165) is 29.9 Å². The standard InChI is InChI=1S/C22H22BN7O3/c1-29-9-7-16-19(25-11-13-4-2-5-14(10-13)23(32)33)27-20(28-21(16)29)22-26-12-17-15(18(24)31)6-3-8-30(17)22/h2-6,8,10,12,32-33H,7,9,11H2,1H3,(H2,24,31)(H,25,27,28). The van der Waals surface area contributed by atoms with Gasteiger partial charge in [-0.15, -0.1) is 0 Å². The van der Waals surface area contributed by atoms with E-state index in [1.165, 1.54) is 0 Å². The van der Waals surface area contributed by atoms with Gasteiger partial charge in [0.25, 0.3) is 5.91 Å². The van der Waals surface area contributed by atoms with Gasteiger partial charge in [-0.25, -0.2) is 15.0 Å². The summed E-state index contributed by atoms with van der Waals surface area (Å²) < 4.78 is 1.76. The van der Waals surface area contributed by atoms with E-state index in [-0.39, 0.29) is 0 Å². The highest BCUT2D eigenvalue weighted by Gasteiger charge is 2.25. The fourth-order valence-corrected chi connectivity index (χ4v) is 4.09. The van der Waals surface area contributed by atoms with E-state index in [2.05, 4.69) is 15.2 Å². The average Bonchev–Trinajstić information content (AvgIpc) is 3.41. The molecule has 0 atom stereocenters. The number of carbonyl (C=O) groups excluding carboxylic acids is 1. The first kappa shape index (κ1) is 20.9. The van der Waals surface area contributed by atoms with E-state index in [1.807, 2.05) is 13.1 Å². The van der Waals surface area contributed by atoms with Gasteiger partial charge in [-0.3, -0.25) is 9.20 Å². The third-order valence-electron chi connectivity index (χ3n) is 5.79. The highest BCUT2D eigenvalue weighted by molar-refractivity contribution is 6.58. The van der Waals surface area contributed by atoms with Crippen molar-refractivity contribution in [1.82, 2.24) is 19.4 Å². The molecule has 1 aliphatic rings. The Hall–Kier alpha value is -3.96. The number of likely N-dealkylation sites (N-methyl/N-ethyl adjacent to an activating group) is 1. The normalized spacial score (nSPS) is 12.8. The Morgan fingerprint density at radius 1 is 1.24 bits per heavy atom. The molecule has 1 amide bonds. The molecule has 0 bridgehead atoms. The molecule has 5 N–H and O–H groups in total. The number of carbonyl (C=O) groups is 1. The van der Waals surface area contributed by atoms with Gasteiger partial charge in [0.15, 0.2) is 11.6 Å². The molecule has 0 aliphatic carbocycles. The number of primary amides is 1. The second-order valence-electron chi connectivity index (χ2n) is 7.96. The van der Waals surface area contributed by atoms with E-state index >= 15 is 0 Å². The number of pyridine rings is 1. The fourth-order valence-electron chi connectivity index (χ4n) is 4.09. The molecule has 0 spiro atoms. The molecule has 0 saturated carbocycles. The van der Waals surface area contributed by atoms with E-state index in [0.29, 0.717) is 40.6 Å². The lowest BCUT2D eigenvalue weighted by Gasteiger charge is -2.15. The number of amides is 1. The van der Waals surface area contributed by atoms with E-state index in [1.54, 1.807) is 47.1 Å². The maximum Gasteiger partial charge on any atom is 0.488 e. The second-order valence-corrected chi connectivity index (χ2v) is 7.96. The summed E-state index contributed by atoms with van der Waals surface area (Å²) in [4.78, 5) is 27.9. The zero-order valence-electron chi connectivity index (χ0n) is 17.9. The monoisotopic (exact) mass is 443 g/mol. The van der Waals surface area contributed by atoms with E-state index in [4.69, 9.17) is 15.7 Å². The lowest BCUT2D eigenvalue weighted by molar-refractivity contribution is 0.100. The molecule has 4 heterocycles. The van der Waals surface area contributed by atoms with Crippen molar-refractivity contribution in [2.45, 2.75) is 13.0 Å². The lowest BCUT2D eigenvalue weighted by atomic mass is 9.79. The van der Waals surface area contributed by atoms with Crippen molar-refractivity contribution in [3.05, 3.63) is 65.5 Å². The first-order valence-corrected chi connectivity index (χ1v) is 10.5. The third-order valence-corrected chi connectivity index (χ3v) is 5.79. The van der Waals surface area contributed by atoms with Crippen LogP contribution in [0.15, 0.2) is 48.8 Å². The zero-order valence-corrected chi connectivity index (χ0v) is 17.9. The van der Waals surface area contributed by atoms with Crippen LogP contribution in [-0.4, -0.2) is 56.0 Å². The van der Waals surface area contributed by atoms with Crippen LogP contribution in [0.1, 0.15) is 21.5 Å². The fraction of sp³-hybridized carbons (Fsp3) is 0.182. The van der Waals surface area contributed by atoms with Crippen LogP contribution in [0.4, 0.5) is 11.6 Å². The summed E-state index contributed by atoms with van der Waals surface area (Å²) in [6.07, 6.45) is 4.19. The molecule has 33 heavy (non-hydrogen) atoms. The molecule has 11 heteroatoms. The highest BCUT2D eigenvalue weighted by atomic mass is 16.4. The van der Waals surface area contributed by atoms with Crippen LogP contribution in [0.5, 0.6) is 0 Å². The van der Waals surface area contributed by atoms with Gasteiger partial charge in [0.05, 0.1) is 17.3 Å². The zero-order chi connectivity index (χ0) is 23.1. The topological polar surface area (TPSA) is 142 Å². The van der Waals surface area contributed by atoms with Gasteiger partial charge in [0, 0.05) is 31.9 Å². The molecular weight excluding hydrogens is 421 g/mol. The first-order valence-electron chi connectivity index (χ1n) is 10.5. The Morgan fingerprint density at radius 2 is 2.09 bits per heavy atom. The van der Waals surface area contributed by atoms with Crippen molar-refractivity contribution in [1.29, 1.82) is 0 Å². The lowest BCUT2D eigenvalue weighted by Crippen LogP contribution is -2.30. The summed E-state index contributed by atoms with van der Waals surface area (Å²) in [5, 5.41) is 22.3. The van der Waals surface area contributed by atoms with Gasteiger partial charge < -0.3 is 26.0 Å². The Bertz CT molecular complexity index is 1370. The molecule has 4 aromatic rings. The quantitative estimate of drug-likeness (QED) is 0.309. The van der Waals surface area contributed by atoms with Gasteiger partial charge >= 0.3 is 7.12 Å². The smallest absolute Gasteiger partial charge is 0.423 e. The van der Waals surface area contributed by atoms with Crippen LogP contribution in [0.2, 0.25) is 0 Å². The first-order chi connectivity index (χ1) is 15.9. The maximum absolute atomic E-state index is 11.8. The minimum absolute atomic E-state index is 0.374. The molecule has 0 fully saturated rings. The molecule has 1 aromatic carbocycles. The van der Waals surface area contributed by atoms with Gasteiger partial charge in [-0.05, 0) is 29.6 Å². The van der Waals surface area contributed by atoms with Crippen LogP contribution < -0.4 is 21.4 Å². The predicted molar refractivity (Wildman–Crippen MR) is 125 cm³/mol. The number of aromatic nitrogens is 4. The van der Waals surface area contributed by atoms with Gasteiger partial charge in [0.1, 0.15) is 11.6 Å². The van der Waals surface area contributed by atoms with Crippen LogP contribution in [0.3, 0.4) is 0 Å². The molecule has 10 nitrogen and oxygen atoms in total. The molecular formula is C22H22BN7O3. The molecule has 1 aliphatic heterocycles. The number of imidazole rings is 1. The number of nitrogens with two attached hydrogens (primary N) is 1. The summed E-state index contributed by atoms with van der Waals surface area (Å²) in [6, 6.07) is 10.5. The summed E-state index contributed by atoms with van der Waals surface area (Å²) in [7, 11) is 0.459. The Balaban J connectivity index is 1.55. The number of nitrogens with one attached hydrogen (secondary N) is 1. The number of hydrogen-bond acceptors (Lipinski definition) is 8. The molecule has 0 unspecified atom stereocenters. The summed E-state index contributed by atoms with van der Waals surface area (Å²) >= 11 is 0. The number of hydrogen-bond donors (Lipinski definition) is 4. The van der Waals surface area contributed by atoms with Crippen LogP contribution >= 0.6 is 0 Å². The van der Waals surface area contributed by atoms with Gasteiger partial charge in [-0.1, -0.05) is 24.3 Å². The van der Waals surface area contributed by atoms with E-state index < -0.39 is 13.0 Å². The number of benzene rings is 1. The van der Waals surface area contributed by atoms with Crippen molar-refractivity contribution >= 4 is 35.6 Å². The highest BCUT2D eigenvalue weighted by Crippen LogP contribution is 2.32. The number of rotatable bonds is 6. The maximum atomic E-state index is 11.8. The Labute approximate surface area is 189 Å². The number of fused-ring (bicyclic) bond motifs is 2. The molecule has 166 valence electrons. The summed E-state index contributed by atoms with van der Waals surface area (Å²) in [5.41, 5.74) is 8.80. The van der Waals surface area contributed by atoms with Crippen molar-refractivity contribution in [2.75, 3.05) is 23.8 Å². The van der Waals surface area contributed by atoms with Crippen LogP contribution in [0, 0.1) is 0 Å². The van der Waals surface area contributed by atoms with Crippen LogP contribution in [0.25, 0.3) is 17.2 Å². The predicted octanol–water partition coefficient (Wildman–Crippen LogP) is 0.174. The third kappa shape index (κ3) is 3.77. The van der Waals surface area contributed by atoms with Gasteiger partial charge in [-0.2, -0.15) is 0 Å².